The number of carboxylic acid groups (broad SMARTS) is 1. The third-order valence-corrected chi connectivity index (χ3v) is 1.80. The summed E-state index contributed by atoms with van der Waals surface area (Å²) in [4.78, 5) is 21.9. The number of hydrogen-bond acceptors (Lipinski definition) is 3. The van der Waals surface area contributed by atoms with Gasteiger partial charge in [0.25, 0.3) is 0 Å². The molecule has 0 saturated carbocycles. The fourth-order valence-electron chi connectivity index (χ4n) is 0.897. The summed E-state index contributed by atoms with van der Waals surface area (Å²) in [5.74, 6) is 4.06. The van der Waals surface area contributed by atoms with Crippen LogP contribution in [0, 0.1) is 11.8 Å². The Morgan fingerprint density at radius 2 is 2.19 bits per heavy atom. The first-order chi connectivity index (χ1) is 7.61. The van der Waals surface area contributed by atoms with Crippen LogP contribution >= 0.6 is 0 Å². The van der Waals surface area contributed by atoms with Gasteiger partial charge in [0, 0.05) is 6.42 Å². The molecule has 0 aromatic rings. The molecule has 0 heterocycles. The summed E-state index contributed by atoms with van der Waals surface area (Å²) in [5.41, 5.74) is 0. The van der Waals surface area contributed by atoms with Gasteiger partial charge in [-0.1, -0.05) is 13.3 Å². The zero-order valence-corrected chi connectivity index (χ0v) is 9.58. The number of carbonyl (C=O) groups excluding carboxylic acids is 1. The third-order valence-electron chi connectivity index (χ3n) is 1.80. The molecular formula is C11H17NO4. The lowest BCUT2D eigenvalue weighted by Gasteiger charge is -2.11. The summed E-state index contributed by atoms with van der Waals surface area (Å²) in [6.07, 6.45) is 1.05. The van der Waals surface area contributed by atoms with Gasteiger partial charge in [0.15, 0.2) is 0 Å². The van der Waals surface area contributed by atoms with Gasteiger partial charge in [0.2, 0.25) is 0 Å². The molecule has 90 valence electrons. The Bertz CT molecular complexity index is 290. The van der Waals surface area contributed by atoms with E-state index in [0.29, 0.717) is 6.61 Å². The second-order valence-corrected chi connectivity index (χ2v) is 3.16. The number of carbonyl (C=O) groups is 2. The van der Waals surface area contributed by atoms with Crippen LogP contribution in [-0.4, -0.2) is 29.8 Å². The van der Waals surface area contributed by atoms with E-state index in [2.05, 4.69) is 17.2 Å². The lowest BCUT2D eigenvalue weighted by Crippen LogP contribution is -2.40. The topological polar surface area (TPSA) is 75.6 Å². The molecule has 2 N–H and O–H groups in total. The fourth-order valence-corrected chi connectivity index (χ4v) is 0.897. The van der Waals surface area contributed by atoms with Crippen LogP contribution in [-0.2, 0) is 9.53 Å². The number of amides is 1. The van der Waals surface area contributed by atoms with E-state index >= 15 is 0 Å². The van der Waals surface area contributed by atoms with Crippen molar-refractivity contribution in [1.82, 2.24) is 5.32 Å². The summed E-state index contributed by atoms with van der Waals surface area (Å²) in [6, 6.07) is -1.01. The molecule has 0 spiro atoms. The van der Waals surface area contributed by atoms with Gasteiger partial charge in [0.1, 0.15) is 6.04 Å². The SMILES string of the molecule is CC#CCC(NC(=O)OCCCC)C(=O)O. The molecule has 0 aliphatic heterocycles. The maximum absolute atomic E-state index is 11.2. The van der Waals surface area contributed by atoms with E-state index in [4.69, 9.17) is 9.84 Å². The molecule has 5 heteroatoms. The average molecular weight is 227 g/mol. The van der Waals surface area contributed by atoms with Crippen molar-refractivity contribution in [3.63, 3.8) is 0 Å². The quantitative estimate of drug-likeness (QED) is 0.531. The van der Waals surface area contributed by atoms with Gasteiger partial charge >= 0.3 is 12.1 Å². The molecule has 0 aliphatic rings. The average Bonchev–Trinajstić information content (AvgIpc) is 2.24. The number of rotatable bonds is 6. The Kier molecular flexibility index (Phi) is 7.68. The Balaban J connectivity index is 4.01. The number of carboxylic acids is 1. The smallest absolute Gasteiger partial charge is 0.407 e. The highest BCUT2D eigenvalue weighted by molar-refractivity contribution is 5.80. The summed E-state index contributed by atoms with van der Waals surface area (Å²) < 4.78 is 4.78. The summed E-state index contributed by atoms with van der Waals surface area (Å²) in [7, 11) is 0. The Labute approximate surface area is 95.2 Å². The molecule has 0 rings (SSSR count). The summed E-state index contributed by atoms with van der Waals surface area (Å²) in [5, 5.41) is 11.0. The fraction of sp³-hybridized carbons (Fsp3) is 0.636. The minimum absolute atomic E-state index is 0.0781. The van der Waals surface area contributed by atoms with Crippen molar-refractivity contribution < 1.29 is 19.4 Å². The molecule has 0 aliphatic carbocycles. The molecule has 0 fully saturated rings. The number of hydrogen-bond donors (Lipinski definition) is 2. The van der Waals surface area contributed by atoms with Gasteiger partial charge in [-0.3, -0.25) is 0 Å². The molecular weight excluding hydrogens is 210 g/mol. The first-order valence-corrected chi connectivity index (χ1v) is 5.17. The highest BCUT2D eigenvalue weighted by atomic mass is 16.5. The molecule has 0 bridgehead atoms. The molecule has 0 aromatic carbocycles. The van der Waals surface area contributed by atoms with Crippen LogP contribution < -0.4 is 5.32 Å². The van der Waals surface area contributed by atoms with Gasteiger partial charge in [-0.2, -0.15) is 0 Å². The number of nitrogens with one attached hydrogen (secondary N) is 1. The minimum Gasteiger partial charge on any atom is -0.480 e. The number of unbranched alkanes of at least 4 members (excludes halogenated alkanes) is 1. The third kappa shape index (κ3) is 6.71. The number of ether oxygens (including phenoxy) is 1. The molecule has 0 aromatic heterocycles. The van der Waals surface area contributed by atoms with E-state index < -0.39 is 18.1 Å². The standard InChI is InChI=1S/C11H17NO4/c1-3-5-7-9(10(13)14)12-11(15)16-8-6-4-2/h9H,4,6-8H2,1-2H3,(H,12,15)(H,13,14). The molecule has 0 saturated heterocycles. The second kappa shape index (κ2) is 8.60. The monoisotopic (exact) mass is 227 g/mol. The molecule has 16 heavy (non-hydrogen) atoms. The van der Waals surface area contributed by atoms with Crippen molar-refractivity contribution in [3.8, 4) is 11.8 Å². The van der Waals surface area contributed by atoms with E-state index in [1.165, 1.54) is 0 Å². The van der Waals surface area contributed by atoms with Crippen molar-refractivity contribution in [3.05, 3.63) is 0 Å². The van der Waals surface area contributed by atoms with E-state index in [1.54, 1.807) is 6.92 Å². The number of alkyl carbamates (subject to hydrolysis) is 1. The van der Waals surface area contributed by atoms with Crippen molar-refractivity contribution >= 4 is 12.1 Å². The van der Waals surface area contributed by atoms with Crippen LogP contribution in [0.4, 0.5) is 4.79 Å². The van der Waals surface area contributed by atoms with Gasteiger partial charge < -0.3 is 15.2 Å². The van der Waals surface area contributed by atoms with Crippen LogP contribution in [0.3, 0.4) is 0 Å². The van der Waals surface area contributed by atoms with Crippen molar-refractivity contribution in [1.29, 1.82) is 0 Å². The molecule has 0 radical (unpaired) electrons. The normalized spacial score (nSPS) is 10.9. The summed E-state index contributed by atoms with van der Waals surface area (Å²) >= 11 is 0. The Morgan fingerprint density at radius 1 is 1.50 bits per heavy atom. The maximum atomic E-state index is 11.2. The minimum atomic E-state index is -1.12. The predicted octanol–water partition coefficient (Wildman–Crippen LogP) is 1.38. The van der Waals surface area contributed by atoms with Crippen molar-refractivity contribution in [2.75, 3.05) is 6.61 Å². The van der Waals surface area contributed by atoms with E-state index in [9.17, 15) is 9.59 Å². The van der Waals surface area contributed by atoms with E-state index in [-0.39, 0.29) is 6.42 Å². The van der Waals surface area contributed by atoms with Gasteiger partial charge in [-0.25, -0.2) is 9.59 Å². The van der Waals surface area contributed by atoms with Crippen LogP contribution in [0.15, 0.2) is 0 Å². The largest absolute Gasteiger partial charge is 0.480 e. The Morgan fingerprint density at radius 3 is 2.69 bits per heavy atom. The maximum Gasteiger partial charge on any atom is 0.407 e. The van der Waals surface area contributed by atoms with Crippen LogP contribution in [0.1, 0.15) is 33.1 Å². The van der Waals surface area contributed by atoms with Crippen molar-refractivity contribution in [2.24, 2.45) is 0 Å². The summed E-state index contributed by atoms with van der Waals surface area (Å²) in [6.45, 7) is 3.88. The Hall–Kier alpha value is -1.70. The van der Waals surface area contributed by atoms with E-state index in [1.807, 2.05) is 6.92 Å². The lowest BCUT2D eigenvalue weighted by molar-refractivity contribution is -0.139. The van der Waals surface area contributed by atoms with Crippen LogP contribution in [0.2, 0.25) is 0 Å². The second-order valence-electron chi connectivity index (χ2n) is 3.16. The van der Waals surface area contributed by atoms with Gasteiger partial charge in [-0.15, -0.1) is 11.8 Å². The van der Waals surface area contributed by atoms with Crippen LogP contribution in [0.25, 0.3) is 0 Å². The molecule has 1 unspecified atom stereocenters. The highest BCUT2D eigenvalue weighted by Crippen LogP contribution is 1.94. The first kappa shape index (κ1) is 14.3. The predicted molar refractivity (Wildman–Crippen MR) is 58.9 cm³/mol. The molecule has 1 amide bonds. The first-order valence-electron chi connectivity index (χ1n) is 5.17. The zero-order chi connectivity index (χ0) is 12.4. The zero-order valence-electron chi connectivity index (χ0n) is 9.58. The van der Waals surface area contributed by atoms with E-state index in [0.717, 1.165) is 12.8 Å². The number of aliphatic carboxylic acids is 1. The molecule has 1 atom stereocenters. The van der Waals surface area contributed by atoms with Crippen molar-refractivity contribution in [2.45, 2.75) is 39.2 Å². The lowest BCUT2D eigenvalue weighted by atomic mass is 10.2. The highest BCUT2D eigenvalue weighted by Gasteiger charge is 2.19. The van der Waals surface area contributed by atoms with Gasteiger partial charge in [-0.05, 0) is 13.3 Å². The van der Waals surface area contributed by atoms with Gasteiger partial charge in [0.05, 0.1) is 6.61 Å². The molecule has 5 nitrogen and oxygen atoms in total. The van der Waals surface area contributed by atoms with Crippen LogP contribution in [0.5, 0.6) is 0 Å².